The number of amides is 1. The van der Waals surface area contributed by atoms with Gasteiger partial charge in [-0.05, 0) is 37.3 Å². The Kier molecular flexibility index (Phi) is 3.70. The normalized spacial score (nSPS) is 10.5. The van der Waals surface area contributed by atoms with Gasteiger partial charge in [0.2, 0.25) is 11.7 Å². The van der Waals surface area contributed by atoms with Gasteiger partial charge in [-0.15, -0.1) is 0 Å². The van der Waals surface area contributed by atoms with Crippen LogP contribution in [0.1, 0.15) is 12.5 Å². The van der Waals surface area contributed by atoms with Crippen molar-refractivity contribution in [2.24, 2.45) is 0 Å². The Balaban J connectivity index is 1.86. The van der Waals surface area contributed by atoms with E-state index in [2.05, 4.69) is 15.5 Å². The van der Waals surface area contributed by atoms with Crippen LogP contribution in [0.25, 0.3) is 22.8 Å². The van der Waals surface area contributed by atoms with Crippen molar-refractivity contribution in [2.75, 3.05) is 5.32 Å². The maximum absolute atomic E-state index is 11.0. The molecule has 0 unspecified atom stereocenters. The van der Waals surface area contributed by atoms with Crippen LogP contribution in [-0.4, -0.2) is 16.0 Å². The van der Waals surface area contributed by atoms with Gasteiger partial charge in [0.1, 0.15) is 0 Å². The monoisotopic (exact) mass is 293 g/mol. The van der Waals surface area contributed by atoms with Crippen LogP contribution in [0.3, 0.4) is 0 Å². The third-order valence-corrected chi connectivity index (χ3v) is 3.15. The molecule has 0 aliphatic heterocycles. The minimum Gasteiger partial charge on any atom is -0.334 e. The number of aromatic nitrogens is 2. The molecule has 1 amide bonds. The molecule has 5 heteroatoms. The third-order valence-electron chi connectivity index (χ3n) is 3.15. The first-order chi connectivity index (χ1) is 10.6. The summed E-state index contributed by atoms with van der Waals surface area (Å²) in [6, 6.07) is 15.2. The molecule has 22 heavy (non-hydrogen) atoms. The SMILES string of the molecule is CC(=O)Nc1ccc(-c2nc(-c3cccc(C)c3)no2)cc1. The molecular formula is C17H15N3O2. The van der Waals surface area contributed by atoms with Gasteiger partial charge in [0.15, 0.2) is 0 Å². The van der Waals surface area contributed by atoms with Crippen molar-refractivity contribution in [3.63, 3.8) is 0 Å². The summed E-state index contributed by atoms with van der Waals surface area (Å²) in [6.45, 7) is 3.49. The van der Waals surface area contributed by atoms with E-state index < -0.39 is 0 Å². The summed E-state index contributed by atoms with van der Waals surface area (Å²) in [5.41, 5.74) is 3.60. The number of carbonyl (C=O) groups is 1. The molecule has 0 bridgehead atoms. The van der Waals surface area contributed by atoms with E-state index in [-0.39, 0.29) is 5.91 Å². The van der Waals surface area contributed by atoms with Gasteiger partial charge in [-0.2, -0.15) is 4.98 Å². The summed E-state index contributed by atoms with van der Waals surface area (Å²) in [4.78, 5) is 15.4. The molecule has 5 nitrogen and oxygen atoms in total. The van der Waals surface area contributed by atoms with E-state index in [4.69, 9.17) is 4.52 Å². The lowest BCUT2D eigenvalue weighted by molar-refractivity contribution is -0.114. The maximum atomic E-state index is 11.0. The molecule has 0 fully saturated rings. The van der Waals surface area contributed by atoms with Crippen LogP contribution < -0.4 is 5.32 Å². The number of hydrogen-bond acceptors (Lipinski definition) is 4. The zero-order valence-corrected chi connectivity index (χ0v) is 12.3. The van der Waals surface area contributed by atoms with Crippen LogP contribution in [0.4, 0.5) is 5.69 Å². The largest absolute Gasteiger partial charge is 0.334 e. The topological polar surface area (TPSA) is 68.0 Å². The highest BCUT2D eigenvalue weighted by atomic mass is 16.5. The first-order valence-electron chi connectivity index (χ1n) is 6.90. The average Bonchev–Trinajstić information content (AvgIpc) is 2.97. The van der Waals surface area contributed by atoms with Crippen molar-refractivity contribution in [3.05, 3.63) is 54.1 Å². The average molecular weight is 293 g/mol. The second-order valence-corrected chi connectivity index (χ2v) is 5.05. The summed E-state index contributed by atoms with van der Waals surface area (Å²) in [5.74, 6) is 0.905. The molecule has 0 aliphatic rings. The van der Waals surface area contributed by atoms with E-state index >= 15 is 0 Å². The molecule has 0 radical (unpaired) electrons. The van der Waals surface area contributed by atoms with Gasteiger partial charge in [-0.3, -0.25) is 4.79 Å². The fraction of sp³-hybridized carbons (Fsp3) is 0.118. The summed E-state index contributed by atoms with van der Waals surface area (Å²) in [7, 11) is 0. The number of carbonyl (C=O) groups excluding carboxylic acids is 1. The molecule has 0 saturated carbocycles. The van der Waals surface area contributed by atoms with Crippen molar-refractivity contribution >= 4 is 11.6 Å². The van der Waals surface area contributed by atoms with Crippen LogP contribution in [0.2, 0.25) is 0 Å². The van der Waals surface area contributed by atoms with Crippen LogP contribution in [0.15, 0.2) is 53.1 Å². The molecule has 1 N–H and O–H groups in total. The van der Waals surface area contributed by atoms with Crippen LogP contribution in [0, 0.1) is 6.92 Å². The van der Waals surface area contributed by atoms with Gasteiger partial charge < -0.3 is 9.84 Å². The zero-order chi connectivity index (χ0) is 15.5. The Labute approximate surface area is 128 Å². The van der Waals surface area contributed by atoms with Crippen LogP contribution >= 0.6 is 0 Å². The number of aryl methyl sites for hydroxylation is 1. The molecule has 1 aromatic heterocycles. The first-order valence-corrected chi connectivity index (χ1v) is 6.90. The van der Waals surface area contributed by atoms with Crippen LogP contribution in [0.5, 0.6) is 0 Å². The predicted molar refractivity (Wildman–Crippen MR) is 84.2 cm³/mol. The van der Waals surface area contributed by atoms with E-state index in [0.29, 0.717) is 11.7 Å². The minimum atomic E-state index is -0.104. The zero-order valence-electron chi connectivity index (χ0n) is 12.3. The maximum Gasteiger partial charge on any atom is 0.258 e. The van der Waals surface area contributed by atoms with Crippen molar-refractivity contribution in [1.29, 1.82) is 0 Å². The quantitative estimate of drug-likeness (QED) is 0.800. The number of benzene rings is 2. The third kappa shape index (κ3) is 3.03. The molecule has 0 spiro atoms. The van der Waals surface area contributed by atoms with Crippen molar-refractivity contribution < 1.29 is 9.32 Å². The van der Waals surface area contributed by atoms with Gasteiger partial charge in [0.05, 0.1) is 0 Å². The van der Waals surface area contributed by atoms with E-state index in [1.165, 1.54) is 6.92 Å². The number of rotatable bonds is 3. The fourth-order valence-electron chi connectivity index (χ4n) is 2.14. The predicted octanol–water partition coefficient (Wildman–Crippen LogP) is 3.67. The molecule has 3 rings (SSSR count). The van der Waals surface area contributed by atoms with Crippen LogP contribution in [-0.2, 0) is 4.79 Å². The molecule has 3 aromatic rings. The summed E-state index contributed by atoms with van der Waals surface area (Å²) in [5, 5.41) is 6.73. The minimum absolute atomic E-state index is 0.104. The standard InChI is InChI=1S/C17H15N3O2/c1-11-4-3-5-14(10-11)16-19-17(22-20-16)13-6-8-15(9-7-13)18-12(2)21/h3-10H,1-2H3,(H,18,21). The number of nitrogens with zero attached hydrogens (tertiary/aromatic N) is 2. The van der Waals surface area contributed by atoms with E-state index in [9.17, 15) is 4.79 Å². The van der Waals surface area contributed by atoms with Gasteiger partial charge in [0.25, 0.3) is 5.89 Å². The Morgan fingerprint density at radius 3 is 2.55 bits per heavy atom. The highest BCUT2D eigenvalue weighted by molar-refractivity contribution is 5.88. The summed E-state index contributed by atoms with van der Waals surface area (Å²) >= 11 is 0. The molecule has 1 heterocycles. The van der Waals surface area contributed by atoms with Crippen molar-refractivity contribution in [3.8, 4) is 22.8 Å². The Hall–Kier alpha value is -2.95. The molecule has 2 aromatic carbocycles. The lowest BCUT2D eigenvalue weighted by atomic mass is 10.1. The highest BCUT2D eigenvalue weighted by Gasteiger charge is 2.10. The molecule has 110 valence electrons. The molecule has 0 aliphatic carbocycles. The van der Waals surface area contributed by atoms with Gasteiger partial charge in [0, 0.05) is 23.7 Å². The summed E-state index contributed by atoms with van der Waals surface area (Å²) in [6.07, 6.45) is 0. The van der Waals surface area contributed by atoms with Gasteiger partial charge in [-0.1, -0.05) is 28.9 Å². The number of anilines is 1. The Morgan fingerprint density at radius 2 is 1.86 bits per heavy atom. The van der Waals surface area contributed by atoms with Gasteiger partial charge >= 0.3 is 0 Å². The van der Waals surface area contributed by atoms with E-state index in [1.54, 1.807) is 12.1 Å². The number of nitrogens with one attached hydrogen (secondary N) is 1. The Bertz CT molecular complexity index is 807. The lowest BCUT2D eigenvalue weighted by Crippen LogP contribution is -2.05. The lowest BCUT2D eigenvalue weighted by Gasteiger charge is -2.01. The molecular weight excluding hydrogens is 278 g/mol. The van der Waals surface area contributed by atoms with Gasteiger partial charge in [-0.25, -0.2) is 0 Å². The van der Waals surface area contributed by atoms with Crippen molar-refractivity contribution in [1.82, 2.24) is 10.1 Å². The van der Waals surface area contributed by atoms with E-state index in [1.807, 2.05) is 43.3 Å². The summed E-state index contributed by atoms with van der Waals surface area (Å²) < 4.78 is 5.32. The smallest absolute Gasteiger partial charge is 0.258 e. The number of hydrogen-bond donors (Lipinski definition) is 1. The second-order valence-electron chi connectivity index (χ2n) is 5.05. The Morgan fingerprint density at radius 1 is 1.09 bits per heavy atom. The molecule has 0 saturated heterocycles. The second kappa shape index (κ2) is 5.81. The van der Waals surface area contributed by atoms with E-state index in [0.717, 1.165) is 22.4 Å². The highest BCUT2D eigenvalue weighted by Crippen LogP contribution is 2.23. The fourth-order valence-corrected chi connectivity index (χ4v) is 2.14. The first kappa shape index (κ1) is 14.0. The van der Waals surface area contributed by atoms with Crippen molar-refractivity contribution in [2.45, 2.75) is 13.8 Å². The molecule has 0 atom stereocenters.